The molecule has 8 nitrogen and oxygen atoms in total. The summed E-state index contributed by atoms with van der Waals surface area (Å²) >= 11 is 0. The van der Waals surface area contributed by atoms with Gasteiger partial charge in [0, 0.05) is 17.3 Å². The summed E-state index contributed by atoms with van der Waals surface area (Å²) in [5.74, 6) is -1.10. The molecule has 3 rings (SSSR count). The number of nitrogens with zero attached hydrogens (tertiary/aromatic N) is 1. The van der Waals surface area contributed by atoms with Crippen LogP contribution in [0.4, 0.5) is 0 Å². The highest BCUT2D eigenvalue weighted by molar-refractivity contribution is 7.94. The molecule has 0 spiro atoms. The van der Waals surface area contributed by atoms with Crippen molar-refractivity contribution in [2.75, 3.05) is 18.6 Å². The molecule has 1 aromatic carbocycles. The zero-order valence-electron chi connectivity index (χ0n) is 19.5. The van der Waals surface area contributed by atoms with E-state index in [1.807, 2.05) is 0 Å². The molecule has 34 heavy (non-hydrogen) atoms. The average molecular weight is 506 g/mol. The first-order valence-corrected chi connectivity index (χ1v) is 14.1. The summed E-state index contributed by atoms with van der Waals surface area (Å²) in [6.07, 6.45) is 1.82. The van der Waals surface area contributed by atoms with Crippen LogP contribution >= 0.6 is 0 Å². The Labute approximate surface area is 199 Å². The molecule has 0 aliphatic carbocycles. The van der Waals surface area contributed by atoms with Gasteiger partial charge in [0.2, 0.25) is 5.78 Å². The maximum Gasteiger partial charge on any atom is 0.211 e. The fourth-order valence-electron chi connectivity index (χ4n) is 3.83. The summed E-state index contributed by atoms with van der Waals surface area (Å²) in [5.41, 5.74) is 0.113. The van der Waals surface area contributed by atoms with E-state index in [0.29, 0.717) is 5.75 Å². The summed E-state index contributed by atoms with van der Waals surface area (Å²) in [5, 5.41) is 0. The monoisotopic (exact) mass is 505 g/mol. The molecular weight excluding hydrogens is 478 g/mol. The van der Waals surface area contributed by atoms with Crippen LogP contribution in [0.3, 0.4) is 0 Å². The van der Waals surface area contributed by atoms with Crippen molar-refractivity contribution < 1.29 is 31.2 Å². The zero-order valence-corrected chi connectivity index (χ0v) is 21.1. The van der Waals surface area contributed by atoms with Crippen LogP contribution in [0.5, 0.6) is 5.75 Å². The quantitative estimate of drug-likeness (QED) is 0.385. The van der Waals surface area contributed by atoms with Crippen LogP contribution in [0.15, 0.2) is 52.4 Å². The molecule has 0 aliphatic rings. The summed E-state index contributed by atoms with van der Waals surface area (Å²) in [6.45, 7) is 4.67. The van der Waals surface area contributed by atoms with Gasteiger partial charge >= 0.3 is 0 Å². The number of benzene rings is 1. The van der Waals surface area contributed by atoms with E-state index in [1.54, 1.807) is 26.0 Å². The second-order valence-corrected chi connectivity index (χ2v) is 12.0. The van der Waals surface area contributed by atoms with Gasteiger partial charge in [-0.1, -0.05) is 13.8 Å². The average Bonchev–Trinajstić information content (AvgIpc) is 3.15. The standard InChI is InChI=1S/C24H27NO7S2/c1-5-13-33(28,29)23-20-12-9-18(16(3)26)15-25(20)21(24(23)34(30,31)14-6-2)22(27)17-7-10-19(32-4)11-8-17/h7-12,15H,5-6,13-14H2,1-4H3. The number of sulfone groups is 2. The second-order valence-electron chi connectivity index (χ2n) is 7.93. The van der Waals surface area contributed by atoms with Crippen molar-refractivity contribution >= 4 is 36.8 Å². The third kappa shape index (κ3) is 4.65. The van der Waals surface area contributed by atoms with Crippen molar-refractivity contribution in [2.24, 2.45) is 0 Å². The first kappa shape index (κ1) is 25.6. The number of carbonyl (C=O) groups excluding carboxylic acids is 2. The van der Waals surface area contributed by atoms with Crippen LogP contribution < -0.4 is 4.74 Å². The number of ketones is 2. The molecule has 2 aromatic heterocycles. The maximum absolute atomic E-state index is 13.7. The van der Waals surface area contributed by atoms with Crippen LogP contribution in [0, 0.1) is 0 Å². The van der Waals surface area contributed by atoms with Gasteiger partial charge in [0.15, 0.2) is 25.5 Å². The van der Waals surface area contributed by atoms with E-state index in [9.17, 15) is 26.4 Å². The lowest BCUT2D eigenvalue weighted by Crippen LogP contribution is -2.17. The minimum absolute atomic E-state index is 0.0463. The van der Waals surface area contributed by atoms with Crippen LogP contribution in [-0.2, 0) is 19.7 Å². The fraction of sp³-hybridized carbons (Fsp3) is 0.333. The third-order valence-corrected chi connectivity index (χ3v) is 9.46. The molecule has 0 radical (unpaired) electrons. The molecule has 0 unspecified atom stereocenters. The van der Waals surface area contributed by atoms with Gasteiger partial charge in [-0.15, -0.1) is 0 Å². The van der Waals surface area contributed by atoms with Crippen molar-refractivity contribution in [3.05, 3.63) is 59.4 Å². The van der Waals surface area contributed by atoms with Crippen molar-refractivity contribution in [3.8, 4) is 5.75 Å². The van der Waals surface area contributed by atoms with Gasteiger partial charge in [-0.2, -0.15) is 0 Å². The Morgan fingerprint density at radius 1 is 0.824 bits per heavy atom. The van der Waals surface area contributed by atoms with Crippen molar-refractivity contribution in [2.45, 2.75) is 43.4 Å². The minimum atomic E-state index is -4.16. The van der Waals surface area contributed by atoms with E-state index < -0.39 is 35.2 Å². The van der Waals surface area contributed by atoms with Crippen molar-refractivity contribution in [3.63, 3.8) is 0 Å². The number of aromatic nitrogens is 1. The maximum atomic E-state index is 13.7. The predicted molar refractivity (Wildman–Crippen MR) is 129 cm³/mol. The summed E-state index contributed by atoms with van der Waals surface area (Å²) in [7, 11) is -6.76. The lowest BCUT2D eigenvalue weighted by molar-refractivity contribution is 0.101. The Hall–Kier alpha value is -2.98. The number of rotatable bonds is 10. The number of Topliss-reactive ketones (excluding diaryl/α,β-unsaturated/α-hetero) is 1. The highest BCUT2D eigenvalue weighted by Crippen LogP contribution is 2.36. The molecule has 182 valence electrons. The molecule has 0 amide bonds. The highest BCUT2D eigenvalue weighted by atomic mass is 32.2. The predicted octanol–water partition coefficient (Wildman–Crippen LogP) is 3.75. The van der Waals surface area contributed by atoms with E-state index in [-0.39, 0.29) is 52.5 Å². The first-order valence-electron chi connectivity index (χ1n) is 10.8. The van der Waals surface area contributed by atoms with Crippen LogP contribution in [0.2, 0.25) is 0 Å². The summed E-state index contributed by atoms with van der Waals surface area (Å²) in [4.78, 5) is 24.9. The number of ether oxygens (including phenoxy) is 1. The lowest BCUT2D eigenvalue weighted by Gasteiger charge is -2.09. The molecule has 0 fully saturated rings. The number of hydrogen-bond acceptors (Lipinski definition) is 7. The Balaban J connectivity index is 2.52. The van der Waals surface area contributed by atoms with Gasteiger partial charge < -0.3 is 9.14 Å². The third-order valence-electron chi connectivity index (χ3n) is 5.38. The topological polar surface area (TPSA) is 116 Å². The van der Waals surface area contributed by atoms with Gasteiger partial charge in [-0.25, -0.2) is 16.8 Å². The smallest absolute Gasteiger partial charge is 0.211 e. The van der Waals surface area contributed by atoms with Gasteiger partial charge in [-0.3, -0.25) is 9.59 Å². The molecule has 0 atom stereocenters. The van der Waals surface area contributed by atoms with Crippen LogP contribution in [0.25, 0.3) is 5.52 Å². The highest BCUT2D eigenvalue weighted by Gasteiger charge is 2.37. The Morgan fingerprint density at radius 2 is 1.35 bits per heavy atom. The van der Waals surface area contributed by atoms with Gasteiger partial charge in [-0.05, 0) is 56.2 Å². The summed E-state index contributed by atoms with van der Waals surface area (Å²) < 4.78 is 59.9. The van der Waals surface area contributed by atoms with E-state index >= 15 is 0 Å². The van der Waals surface area contributed by atoms with Crippen LogP contribution in [-0.4, -0.2) is 51.4 Å². The molecule has 3 aromatic rings. The number of hydrogen-bond donors (Lipinski definition) is 0. The molecular formula is C24H27NO7S2. The molecule has 0 bridgehead atoms. The lowest BCUT2D eigenvalue weighted by atomic mass is 10.1. The Morgan fingerprint density at radius 3 is 1.85 bits per heavy atom. The SMILES string of the molecule is CCCS(=O)(=O)c1c(S(=O)(=O)CCC)c2ccc(C(C)=O)cn2c1C(=O)c1ccc(OC)cc1. The minimum Gasteiger partial charge on any atom is -0.497 e. The number of methoxy groups -OCH3 is 1. The largest absolute Gasteiger partial charge is 0.497 e. The fourth-order valence-corrected chi connectivity index (χ4v) is 7.82. The van der Waals surface area contributed by atoms with Gasteiger partial charge in [0.05, 0.1) is 24.1 Å². The second kappa shape index (κ2) is 9.71. The van der Waals surface area contributed by atoms with E-state index in [4.69, 9.17) is 4.74 Å². The van der Waals surface area contributed by atoms with E-state index in [2.05, 4.69) is 0 Å². The van der Waals surface area contributed by atoms with Crippen LogP contribution in [0.1, 0.15) is 60.0 Å². The van der Waals surface area contributed by atoms with E-state index in [1.165, 1.54) is 48.9 Å². The Kier molecular flexibility index (Phi) is 7.32. The number of pyridine rings is 1. The Bertz CT molecular complexity index is 1470. The zero-order chi connectivity index (χ0) is 25.3. The normalized spacial score (nSPS) is 12.1. The molecule has 10 heteroatoms. The molecule has 0 saturated carbocycles. The molecule has 0 N–H and O–H groups in total. The molecule has 0 aliphatic heterocycles. The molecule has 2 heterocycles. The number of fused-ring (bicyclic) bond motifs is 1. The first-order chi connectivity index (χ1) is 16.0. The number of carbonyl (C=O) groups is 2. The van der Waals surface area contributed by atoms with Crippen molar-refractivity contribution in [1.29, 1.82) is 0 Å². The van der Waals surface area contributed by atoms with E-state index in [0.717, 1.165) is 0 Å². The van der Waals surface area contributed by atoms with Gasteiger partial charge in [0.25, 0.3) is 0 Å². The van der Waals surface area contributed by atoms with Crippen molar-refractivity contribution in [1.82, 2.24) is 4.40 Å². The summed E-state index contributed by atoms with van der Waals surface area (Å²) in [6, 6.07) is 8.88. The molecule has 0 saturated heterocycles. The van der Waals surface area contributed by atoms with Gasteiger partial charge in [0.1, 0.15) is 21.2 Å².